The number of nitrogens with two attached hydrogens (primary N) is 1. The van der Waals surface area contributed by atoms with Crippen molar-refractivity contribution in [2.75, 3.05) is 5.73 Å². The van der Waals surface area contributed by atoms with E-state index in [0.29, 0.717) is 0 Å². The summed E-state index contributed by atoms with van der Waals surface area (Å²) in [6.45, 7) is 2.93. The number of hydrogen-bond donors (Lipinski definition) is 1. The average Bonchev–Trinajstić information content (AvgIpc) is 2.18. The molecule has 0 radical (unpaired) electrons. The Balaban J connectivity index is 3.39. The highest BCUT2D eigenvalue weighted by molar-refractivity contribution is 5.47. The summed E-state index contributed by atoms with van der Waals surface area (Å²) >= 11 is 0. The number of anilines is 1. The molecule has 2 N–H and O–H groups in total. The summed E-state index contributed by atoms with van der Waals surface area (Å²) in [5.41, 5.74) is 3.60. The van der Waals surface area contributed by atoms with Crippen LogP contribution in [0.2, 0.25) is 0 Å². The maximum Gasteiger partial charge on any atom is 0.206 e. The van der Waals surface area contributed by atoms with Crippen molar-refractivity contribution in [1.82, 2.24) is 0 Å². The quantitative estimate of drug-likeness (QED) is 0.475. The minimum atomic E-state index is -1.65. The largest absolute Gasteiger partial charge is 0.485 e. The minimum Gasteiger partial charge on any atom is -0.485 e. The fourth-order valence-electron chi connectivity index (χ4n) is 0.968. The van der Waals surface area contributed by atoms with Crippen LogP contribution >= 0.6 is 0 Å². The van der Waals surface area contributed by atoms with Crippen molar-refractivity contribution >= 4 is 5.69 Å². The van der Waals surface area contributed by atoms with Crippen LogP contribution in [0.4, 0.5) is 23.2 Å². The third-order valence-corrected chi connectivity index (χ3v) is 1.61. The molecule has 0 saturated heterocycles. The third-order valence-electron chi connectivity index (χ3n) is 1.61. The van der Waals surface area contributed by atoms with E-state index in [4.69, 9.17) is 5.73 Å². The molecule has 0 aliphatic rings. The molecule has 0 amide bonds. The second-order valence-corrected chi connectivity index (χ2v) is 3.17. The molecule has 0 heterocycles. The van der Waals surface area contributed by atoms with Gasteiger partial charge in [0.2, 0.25) is 11.6 Å². The lowest BCUT2D eigenvalue weighted by Gasteiger charge is -2.13. The Hall–Kier alpha value is -1.46. The first-order valence-electron chi connectivity index (χ1n) is 4.14. The molecule has 0 saturated carbocycles. The van der Waals surface area contributed by atoms with Crippen molar-refractivity contribution in [2.24, 2.45) is 0 Å². The molecule has 84 valence electrons. The van der Waals surface area contributed by atoms with Crippen molar-refractivity contribution in [1.29, 1.82) is 0 Å². The second-order valence-electron chi connectivity index (χ2n) is 3.17. The Morgan fingerprint density at radius 2 is 1.33 bits per heavy atom. The lowest BCUT2D eigenvalue weighted by molar-refractivity contribution is 0.212. The molecule has 0 unspecified atom stereocenters. The molecule has 1 aromatic carbocycles. The zero-order chi connectivity index (χ0) is 11.7. The first-order valence-corrected chi connectivity index (χ1v) is 4.14. The zero-order valence-electron chi connectivity index (χ0n) is 8.07. The Morgan fingerprint density at radius 1 is 0.933 bits per heavy atom. The number of benzene rings is 1. The highest BCUT2D eigenvalue weighted by atomic mass is 19.2. The maximum atomic E-state index is 13.1. The van der Waals surface area contributed by atoms with E-state index in [-0.39, 0.29) is 0 Å². The van der Waals surface area contributed by atoms with Crippen LogP contribution in [0.3, 0.4) is 0 Å². The molecular formula is C9H9F4NO. The molecule has 0 aromatic heterocycles. The third kappa shape index (κ3) is 1.98. The van der Waals surface area contributed by atoms with Crippen LogP contribution in [-0.4, -0.2) is 6.10 Å². The van der Waals surface area contributed by atoms with E-state index in [2.05, 4.69) is 4.74 Å². The number of rotatable bonds is 2. The summed E-state index contributed by atoms with van der Waals surface area (Å²) in [7, 11) is 0. The van der Waals surface area contributed by atoms with Crippen molar-refractivity contribution in [2.45, 2.75) is 20.0 Å². The molecule has 6 heteroatoms. The average molecular weight is 223 g/mol. The number of halogens is 4. The topological polar surface area (TPSA) is 35.2 Å². The molecule has 1 rings (SSSR count). The summed E-state index contributed by atoms with van der Waals surface area (Å²) in [5.74, 6) is -7.64. The van der Waals surface area contributed by atoms with E-state index >= 15 is 0 Å². The summed E-state index contributed by atoms with van der Waals surface area (Å²) in [6, 6.07) is 0. The lowest BCUT2D eigenvalue weighted by atomic mass is 10.2. The van der Waals surface area contributed by atoms with Gasteiger partial charge in [-0.15, -0.1) is 0 Å². The SMILES string of the molecule is CC(C)Oc1c(F)c(F)c(N)c(F)c1F. The van der Waals surface area contributed by atoms with Gasteiger partial charge in [0.25, 0.3) is 0 Å². The fraction of sp³-hybridized carbons (Fsp3) is 0.333. The van der Waals surface area contributed by atoms with Crippen LogP contribution in [-0.2, 0) is 0 Å². The van der Waals surface area contributed by atoms with Gasteiger partial charge >= 0.3 is 0 Å². The number of nitrogen functional groups attached to an aromatic ring is 1. The van der Waals surface area contributed by atoms with E-state index in [1.165, 1.54) is 13.8 Å². The van der Waals surface area contributed by atoms with Crippen molar-refractivity contribution < 1.29 is 22.3 Å². The van der Waals surface area contributed by atoms with Gasteiger partial charge in [-0.05, 0) is 13.8 Å². The second kappa shape index (κ2) is 3.96. The highest BCUT2D eigenvalue weighted by Crippen LogP contribution is 2.31. The van der Waals surface area contributed by atoms with Crippen LogP contribution in [0.5, 0.6) is 5.75 Å². The van der Waals surface area contributed by atoms with E-state index in [1.807, 2.05) is 0 Å². The van der Waals surface area contributed by atoms with Crippen molar-refractivity contribution in [3.8, 4) is 5.75 Å². The van der Waals surface area contributed by atoms with Crippen LogP contribution in [0.25, 0.3) is 0 Å². The molecule has 0 atom stereocenters. The number of ether oxygens (including phenoxy) is 1. The minimum absolute atomic E-state index is 0.614. The van der Waals surface area contributed by atoms with Crippen LogP contribution in [0.1, 0.15) is 13.8 Å². The van der Waals surface area contributed by atoms with Gasteiger partial charge in [0.1, 0.15) is 5.69 Å². The standard InChI is InChI=1S/C9H9F4NO/c1-3(2)15-9-6(12)4(10)8(14)5(11)7(9)13/h3H,14H2,1-2H3. The summed E-state index contributed by atoms with van der Waals surface area (Å²) in [4.78, 5) is 0. The van der Waals surface area contributed by atoms with E-state index < -0.39 is 40.8 Å². The van der Waals surface area contributed by atoms with Crippen molar-refractivity contribution in [3.63, 3.8) is 0 Å². The Morgan fingerprint density at radius 3 is 1.67 bits per heavy atom. The zero-order valence-corrected chi connectivity index (χ0v) is 8.07. The Kier molecular flexibility index (Phi) is 3.06. The molecule has 0 aliphatic heterocycles. The highest BCUT2D eigenvalue weighted by Gasteiger charge is 2.25. The first-order chi connectivity index (χ1) is 6.86. The maximum absolute atomic E-state index is 13.1. The van der Waals surface area contributed by atoms with Gasteiger partial charge in [-0.3, -0.25) is 0 Å². The van der Waals surface area contributed by atoms with Crippen LogP contribution in [0, 0.1) is 23.3 Å². The van der Waals surface area contributed by atoms with Crippen molar-refractivity contribution in [3.05, 3.63) is 23.3 Å². The molecule has 15 heavy (non-hydrogen) atoms. The molecular weight excluding hydrogens is 214 g/mol. The molecule has 0 bridgehead atoms. The van der Waals surface area contributed by atoms with E-state index in [1.54, 1.807) is 0 Å². The van der Waals surface area contributed by atoms with E-state index in [9.17, 15) is 17.6 Å². The van der Waals surface area contributed by atoms with E-state index in [0.717, 1.165) is 0 Å². The smallest absolute Gasteiger partial charge is 0.206 e. The first kappa shape index (κ1) is 11.6. The molecule has 2 nitrogen and oxygen atoms in total. The predicted molar refractivity (Wildman–Crippen MR) is 46.5 cm³/mol. The van der Waals surface area contributed by atoms with Crippen LogP contribution in [0.15, 0.2) is 0 Å². The van der Waals surface area contributed by atoms with Crippen LogP contribution < -0.4 is 10.5 Å². The van der Waals surface area contributed by atoms with Gasteiger partial charge in [-0.2, -0.15) is 8.78 Å². The summed E-state index contributed by atoms with van der Waals surface area (Å²) in [6.07, 6.45) is -0.614. The summed E-state index contributed by atoms with van der Waals surface area (Å²) in [5, 5.41) is 0. The number of hydrogen-bond acceptors (Lipinski definition) is 2. The predicted octanol–water partition coefficient (Wildman–Crippen LogP) is 2.61. The normalized spacial score (nSPS) is 10.9. The van der Waals surface area contributed by atoms with Gasteiger partial charge in [0, 0.05) is 0 Å². The van der Waals surface area contributed by atoms with Gasteiger partial charge in [0.15, 0.2) is 17.4 Å². The monoisotopic (exact) mass is 223 g/mol. The molecule has 0 aliphatic carbocycles. The Labute approximate surface area is 83.6 Å². The molecule has 1 aromatic rings. The van der Waals surface area contributed by atoms with Gasteiger partial charge in [-0.1, -0.05) is 0 Å². The molecule has 0 spiro atoms. The van der Waals surface area contributed by atoms with Gasteiger partial charge in [0.05, 0.1) is 6.10 Å². The van der Waals surface area contributed by atoms with Gasteiger partial charge in [-0.25, -0.2) is 8.78 Å². The fourth-order valence-corrected chi connectivity index (χ4v) is 0.968. The Bertz CT molecular complexity index is 363. The lowest BCUT2D eigenvalue weighted by Crippen LogP contribution is -2.12. The van der Waals surface area contributed by atoms with Gasteiger partial charge < -0.3 is 10.5 Å². The summed E-state index contributed by atoms with van der Waals surface area (Å²) < 4.78 is 56.6. The molecule has 0 fully saturated rings.